The molecule has 2 amide bonds. The average molecular weight is 261 g/mol. The van der Waals surface area contributed by atoms with Crippen molar-refractivity contribution in [2.24, 2.45) is 0 Å². The number of nitrogen functional groups attached to an aromatic ring is 1. The molecule has 3 heterocycles. The second kappa shape index (κ2) is 4.19. The van der Waals surface area contributed by atoms with Crippen LogP contribution in [0.1, 0.15) is 12.8 Å². The molecule has 1 atom stereocenters. The van der Waals surface area contributed by atoms with Gasteiger partial charge in [0.2, 0.25) is 17.8 Å². The largest absolute Gasteiger partial charge is 0.368 e. The number of aromatic amines is 1. The second-order valence-corrected chi connectivity index (χ2v) is 4.18. The van der Waals surface area contributed by atoms with E-state index in [1.54, 1.807) is 0 Å². The molecule has 0 aliphatic carbocycles. The Bertz CT molecular complexity index is 665. The molecule has 2 aromatic rings. The first-order valence-corrected chi connectivity index (χ1v) is 5.70. The molecule has 0 aromatic carbocycles. The number of hydrogen-bond acceptors (Lipinski definition) is 7. The monoisotopic (exact) mass is 261 g/mol. The molecule has 19 heavy (non-hydrogen) atoms. The molecule has 5 N–H and O–H groups in total. The number of amides is 2. The normalized spacial score (nSPS) is 19.5. The number of nitrogens with two attached hydrogens (primary N) is 1. The number of hydrogen-bond donors (Lipinski definition) is 4. The highest BCUT2D eigenvalue weighted by atomic mass is 16.2. The van der Waals surface area contributed by atoms with Gasteiger partial charge in [0.15, 0.2) is 11.5 Å². The standard InChI is InChI=1S/C10H11N7O2/c11-10-16-7-6(12-3-13-7)8(17-10)14-4-1-2-5(18)15-9(4)19/h3-4H,1-2H2,(H,15,18,19)(H4,11,12,13,14,16,17). The van der Waals surface area contributed by atoms with Crippen molar-refractivity contribution in [2.45, 2.75) is 18.9 Å². The van der Waals surface area contributed by atoms with Gasteiger partial charge in [-0.1, -0.05) is 0 Å². The van der Waals surface area contributed by atoms with E-state index in [1.165, 1.54) is 6.33 Å². The lowest BCUT2D eigenvalue weighted by Crippen LogP contribution is -2.47. The van der Waals surface area contributed by atoms with Crippen LogP contribution in [0, 0.1) is 0 Å². The number of carbonyl (C=O) groups excluding carboxylic acids is 2. The number of H-pyrrole nitrogens is 1. The Morgan fingerprint density at radius 1 is 1.37 bits per heavy atom. The molecular formula is C10H11N7O2. The summed E-state index contributed by atoms with van der Waals surface area (Å²) in [5.41, 5.74) is 6.56. The van der Waals surface area contributed by atoms with Crippen molar-refractivity contribution in [1.82, 2.24) is 25.3 Å². The molecule has 0 spiro atoms. The molecule has 9 nitrogen and oxygen atoms in total. The summed E-state index contributed by atoms with van der Waals surface area (Å²) >= 11 is 0. The van der Waals surface area contributed by atoms with Crippen LogP contribution in [0.2, 0.25) is 0 Å². The number of fused-ring (bicyclic) bond motifs is 1. The Morgan fingerprint density at radius 2 is 2.21 bits per heavy atom. The van der Waals surface area contributed by atoms with E-state index in [-0.39, 0.29) is 24.2 Å². The van der Waals surface area contributed by atoms with E-state index in [4.69, 9.17) is 5.73 Å². The number of anilines is 2. The minimum atomic E-state index is -0.529. The third kappa shape index (κ3) is 2.05. The zero-order valence-corrected chi connectivity index (χ0v) is 9.80. The molecule has 1 saturated heterocycles. The van der Waals surface area contributed by atoms with Crippen LogP contribution in [0.25, 0.3) is 11.2 Å². The summed E-state index contributed by atoms with van der Waals surface area (Å²) in [6, 6.07) is -0.529. The Balaban J connectivity index is 1.91. The van der Waals surface area contributed by atoms with Crippen LogP contribution in [0.15, 0.2) is 6.33 Å². The minimum Gasteiger partial charge on any atom is -0.368 e. The fourth-order valence-corrected chi connectivity index (χ4v) is 1.95. The number of nitrogens with one attached hydrogen (secondary N) is 3. The Hall–Kier alpha value is -2.71. The lowest BCUT2D eigenvalue weighted by atomic mass is 10.1. The van der Waals surface area contributed by atoms with Gasteiger partial charge in [-0.25, -0.2) is 4.98 Å². The summed E-state index contributed by atoms with van der Waals surface area (Å²) in [6.07, 6.45) is 2.16. The number of nitrogens with zero attached hydrogens (tertiary/aromatic N) is 3. The van der Waals surface area contributed by atoms with Gasteiger partial charge < -0.3 is 16.0 Å². The first kappa shape index (κ1) is 11.4. The molecule has 98 valence electrons. The molecule has 0 saturated carbocycles. The number of aromatic nitrogens is 4. The molecule has 2 aromatic heterocycles. The second-order valence-electron chi connectivity index (χ2n) is 4.18. The highest BCUT2D eigenvalue weighted by Crippen LogP contribution is 2.20. The van der Waals surface area contributed by atoms with Crippen molar-refractivity contribution >= 4 is 34.7 Å². The highest BCUT2D eigenvalue weighted by molar-refractivity contribution is 6.02. The summed E-state index contributed by atoms with van der Waals surface area (Å²) in [5.74, 6) is -0.179. The fraction of sp³-hybridized carbons (Fsp3) is 0.300. The van der Waals surface area contributed by atoms with Gasteiger partial charge in [-0.3, -0.25) is 14.9 Å². The lowest BCUT2D eigenvalue weighted by Gasteiger charge is -2.22. The zero-order valence-electron chi connectivity index (χ0n) is 9.80. The van der Waals surface area contributed by atoms with E-state index in [0.717, 1.165) is 0 Å². The Kier molecular flexibility index (Phi) is 2.51. The minimum absolute atomic E-state index is 0.0643. The molecular weight excluding hydrogens is 250 g/mol. The number of imidazole rings is 1. The third-order valence-electron chi connectivity index (χ3n) is 2.85. The van der Waals surface area contributed by atoms with Crippen molar-refractivity contribution in [1.29, 1.82) is 0 Å². The van der Waals surface area contributed by atoms with E-state index in [1.807, 2.05) is 0 Å². The number of piperidine rings is 1. The fourth-order valence-electron chi connectivity index (χ4n) is 1.95. The molecule has 1 fully saturated rings. The van der Waals surface area contributed by atoms with Gasteiger partial charge in [-0.2, -0.15) is 9.97 Å². The molecule has 9 heteroatoms. The van der Waals surface area contributed by atoms with Crippen LogP contribution < -0.4 is 16.4 Å². The van der Waals surface area contributed by atoms with Gasteiger partial charge in [0.1, 0.15) is 11.6 Å². The van der Waals surface area contributed by atoms with E-state index >= 15 is 0 Å². The SMILES string of the molecule is Nc1nc(NC2CCC(=O)NC2=O)c2[nH]cnc2n1. The van der Waals surface area contributed by atoms with Crippen molar-refractivity contribution in [3.63, 3.8) is 0 Å². The van der Waals surface area contributed by atoms with Gasteiger partial charge >= 0.3 is 0 Å². The molecule has 3 rings (SSSR count). The predicted octanol–water partition coefficient (Wildman–Crippen LogP) is -0.848. The van der Waals surface area contributed by atoms with Crippen LogP contribution in [0.5, 0.6) is 0 Å². The summed E-state index contributed by atoms with van der Waals surface area (Å²) in [7, 11) is 0. The number of imide groups is 1. The van der Waals surface area contributed by atoms with Crippen LogP contribution >= 0.6 is 0 Å². The summed E-state index contributed by atoms with van der Waals surface area (Å²) in [5, 5.41) is 5.22. The first-order valence-electron chi connectivity index (χ1n) is 5.70. The Labute approximate surface area is 107 Å². The molecule has 0 radical (unpaired) electrons. The van der Waals surface area contributed by atoms with Gasteiger partial charge in [0.25, 0.3) is 0 Å². The van der Waals surface area contributed by atoms with Crippen LogP contribution in [0.4, 0.5) is 11.8 Å². The van der Waals surface area contributed by atoms with E-state index < -0.39 is 6.04 Å². The summed E-state index contributed by atoms with van der Waals surface area (Å²) < 4.78 is 0. The smallest absolute Gasteiger partial charge is 0.249 e. The highest BCUT2D eigenvalue weighted by Gasteiger charge is 2.27. The molecule has 1 aliphatic heterocycles. The number of carbonyl (C=O) groups is 2. The first-order chi connectivity index (χ1) is 9.13. The van der Waals surface area contributed by atoms with E-state index in [2.05, 4.69) is 30.6 Å². The van der Waals surface area contributed by atoms with Crippen LogP contribution in [-0.2, 0) is 9.59 Å². The molecule has 1 unspecified atom stereocenters. The van der Waals surface area contributed by atoms with Gasteiger partial charge in [-0.05, 0) is 6.42 Å². The molecule has 0 bridgehead atoms. The maximum Gasteiger partial charge on any atom is 0.249 e. The Morgan fingerprint density at radius 3 is 3.00 bits per heavy atom. The maximum atomic E-state index is 11.7. The van der Waals surface area contributed by atoms with E-state index in [0.29, 0.717) is 23.4 Å². The quantitative estimate of drug-likeness (QED) is 0.516. The topological polar surface area (TPSA) is 139 Å². The predicted molar refractivity (Wildman–Crippen MR) is 65.9 cm³/mol. The van der Waals surface area contributed by atoms with Crippen molar-refractivity contribution < 1.29 is 9.59 Å². The number of rotatable bonds is 2. The van der Waals surface area contributed by atoms with Crippen LogP contribution in [0.3, 0.4) is 0 Å². The lowest BCUT2D eigenvalue weighted by molar-refractivity contribution is -0.133. The van der Waals surface area contributed by atoms with Gasteiger partial charge in [-0.15, -0.1) is 0 Å². The van der Waals surface area contributed by atoms with E-state index in [9.17, 15) is 9.59 Å². The van der Waals surface area contributed by atoms with Crippen molar-refractivity contribution in [3.05, 3.63) is 6.33 Å². The maximum absolute atomic E-state index is 11.7. The summed E-state index contributed by atoms with van der Waals surface area (Å²) in [4.78, 5) is 37.6. The van der Waals surface area contributed by atoms with Gasteiger partial charge in [0.05, 0.1) is 6.33 Å². The zero-order chi connectivity index (χ0) is 13.4. The summed E-state index contributed by atoms with van der Waals surface area (Å²) in [6.45, 7) is 0. The average Bonchev–Trinajstić information content (AvgIpc) is 2.80. The van der Waals surface area contributed by atoms with Crippen molar-refractivity contribution in [3.8, 4) is 0 Å². The molecule has 1 aliphatic rings. The van der Waals surface area contributed by atoms with Crippen molar-refractivity contribution in [2.75, 3.05) is 11.1 Å². The van der Waals surface area contributed by atoms with Crippen LogP contribution in [-0.4, -0.2) is 37.8 Å². The third-order valence-corrected chi connectivity index (χ3v) is 2.85. The van der Waals surface area contributed by atoms with Gasteiger partial charge in [0, 0.05) is 6.42 Å².